The Morgan fingerprint density at radius 2 is 1.78 bits per heavy atom. The van der Waals surface area contributed by atoms with Crippen LogP contribution in [-0.2, 0) is 4.79 Å². The van der Waals surface area contributed by atoms with Crippen LogP contribution in [-0.4, -0.2) is 37.5 Å². The van der Waals surface area contributed by atoms with Gasteiger partial charge in [-0.15, -0.1) is 0 Å². The maximum Gasteiger partial charge on any atom is 0.225 e. The second-order valence-corrected chi connectivity index (χ2v) is 8.61. The summed E-state index contributed by atoms with van der Waals surface area (Å²) in [5, 5.41) is 13.8. The largest absolute Gasteiger partial charge is 0.356 e. The predicted octanol–water partition coefficient (Wildman–Crippen LogP) is 4.19. The first-order valence-electron chi connectivity index (χ1n) is 11.7. The van der Waals surface area contributed by atoms with E-state index in [1.54, 1.807) is 7.05 Å². The summed E-state index contributed by atoms with van der Waals surface area (Å²) >= 11 is 0. The minimum Gasteiger partial charge on any atom is -0.356 e. The van der Waals surface area contributed by atoms with Gasteiger partial charge in [-0.05, 0) is 37.0 Å². The number of nitrogens with one attached hydrogen (secondary N) is 4. The van der Waals surface area contributed by atoms with E-state index in [2.05, 4.69) is 83.4 Å². The lowest BCUT2D eigenvalue weighted by atomic mass is 9.90. The molecule has 3 rings (SSSR count). The standard InChI is InChI=1S/C26H37N5O/c1-5-26(6-2,31-19(3)20-12-8-7-9-13-20)18-29-25(27-4)28-17-21-16-24(32)30-23-15-11-10-14-22(21)23/h7-15,19,21,31H,5-6,16-18H2,1-4H3,(H,30,32)(H2,27,28,29). The first kappa shape index (κ1) is 23.8. The minimum absolute atomic E-state index is 0.0514. The predicted molar refractivity (Wildman–Crippen MR) is 133 cm³/mol. The molecule has 0 saturated heterocycles. The molecule has 0 saturated carbocycles. The summed E-state index contributed by atoms with van der Waals surface area (Å²) in [6.07, 6.45) is 2.48. The van der Waals surface area contributed by atoms with Gasteiger partial charge >= 0.3 is 0 Å². The summed E-state index contributed by atoms with van der Waals surface area (Å²) in [5.74, 6) is 0.944. The van der Waals surface area contributed by atoms with Gasteiger partial charge in [0.15, 0.2) is 5.96 Å². The van der Waals surface area contributed by atoms with Gasteiger partial charge in [0.1, 0.15) is 0 Å². The summed E-state index contributed by atoms with van der Waals surface area (Å²) in [6, 6.07) is 18.8. The zero-order valence-electron chi connectivity index (χ0n) is 19.7. The van der Waals surface area contributed by atoms with E-state index in [1.165, 1.54) is 11.1 Å². The highest BCUT2D eigenvalue weighted by Crippen LogP contribution is 2.31. The molecule has 2 atom stereocenters. The van der Waals surface area contributed by atoms with Gasteiger partial charge in [-0.25, -0.2) is 0 Å². The van der Waals surface area contributed by atoms with Gasteiger partial charge in [-0.1, -0.05) is 62.4 Å². The van der Waals surface area contributed by atoms with Crippen LogP contribution in [0.25, 0.3) is 0 Å². The number of rotatable bonds is 9. The summed E-state index contributed by atoms with van der Waals surface area (Å²) in [6.45, 7) is 8.09. The van der Waals surface area contributed by atoms with Gasteiger partial charge < -0.3 is 21.3 Å². The summed E-state index contributed by atoms with van der Waals surface area (Å²) in [7, 11) is 1.79. The molecule has 2 aromatic carbocycles. The second kappa shape index (κ2) is 11.1. The number of para-hydroxylation sites is 1. The molecule has 1 aliphatic rings. The fraction of sp³-hybridized carbons (Fsp3) is 0.462. The molecular weight excluding hydrogens is 398 g/mol. The number of amides is 1. The summed E-state index contributed by atoms with van der Waals surface area (Å²) < 4.78 is 0. The molecule has 1 heterocycles. The van der Waals surface area contributed by atoms with Gasteiger partial charge in [-0.3, -0.25) is 9.79 Å². The monoisotopic (exact) mass is 435 g/mol. The Balaban J connectivity index is 1.60. The summed E-state index contributed by atoms with van der Waals surface area (Å²) in [5.41, 5.74) is 3.32. The molecule has 1 amide bonds. The van der Waals surface area contributed by atoms with Crippen LogP contribution < -0.4 is 21.3 Å². The average molecular weight is 436 g/mol. The van der Waals surface area contributed by atoms with E-state index in [9.17, 15) is 4.79 Å². The van der Waals surface area contributed by atoms with E-state index < -0.39 is 0 Å². The van der Waals surface area contributed by atoms with Gasteiger partial charge in [0, 0.05) is 49.7 Å². The number of nitrogens with zero attached hydrogens (tertiary/aromatic N) is 1. The first-order chi connectivity index (χ1) is 15.5. The Morgan fingerprint density at radius 3 is 2.47 bits per heavy atom. The van der Waals surface area contributed by atoms with Crippen molar-refractivity contribution in [3.8, 4) is 0 Å². The van der Waals surface area contributed by atoms with Crippen molar-refractivity contribution in [2.75, 3.05) is 25.5 Å². The van der Waals surface area contributed by atoms with Gasteiger partial charge in [0.05, 0.1) is 0 Å². The molecule has 0 bridgehead atoms. The molecule has 0 aromatic heterocycles. The fourth-order valence-electron chi connectivity index (χ4n) is 4.42. The highest BCUT2D eigenvalue weighted by atomic mass is 16.1. The Kier molecular flexibility index (Phi) is 8.28. The van der Waals surface area contributed by atoms with Gasteiger partial charge in [0.2, 0.25) is 5.91 Å². The number of hydrogen-bond acceptors (Lipinski definition) is 3. The lowest BCUT2D eigenvalue weighted by molar-refractivity contribution is -0.116. The Bertz CT molecular complexity index is 907. The third-order valence-corrected chi connectivity index (χ3v) is 6.62. The molecule has 2 aromatic rings. The zero-order valence-corrected chi connectivity index (χ0v) is 19.7. The number of carbonyl (C=O) groups is 1. The van der Waals surface area contributed by atoms with E-state index in [-0.39, 0.29) is 23.4 Å². The first-order valence-corrected chi connectivity index (χ1v) is 11.7. The second-order valence-electron chi connectivity index (χ2n) is 8.61. The van der Waals surface area contributed by atoms with Crippen LogP contribution in [0.5, 0.6) is 0 Å². The van der Waals surface area contributed by atoms with Crippen LogP contribution in [0.3, 0.4) is 0 Å². The van der Waals surface area contributed by atoms with Crippen molar-refractivity contribution in [3.63, 3.8) is 0 Å². The lowest BCUT2D eigenvalue weighted by Gasteiger charge is -2.37. The Labute approximate surface area is 192 Å². The molecule has 4 N–H and O–H groups in total. The SMILES string of the molecule is CCC(CC)(CNC(=NC)NCC1CC(=O)Nc2ccccc21)NC(C)c1ccccc1. The van der Waals surface area contributed by atoms with Gasteiger partial charge in [0.25, 0.3) is 0 Å². The topological polar surface area (TPSA) is 77.5 Å². The molecule has 0 fully saturated rings. The maximum absolute atomic E-state index is 12.1. The van der Waals surface area contributed by atoms with Crippen LogP contribution in [0.4, 0.5) is 5.69 Å². The molecule has 32 heavy (non-hydrogen) atoms. The molecule has 0 spiro atoms. The van der Waals surface area contributed by atoms with Crippen LogP contribution in [0.15, 0.2) is 59.6 Å². The molecule has 6 heteroatoms. The van der Waals surface area contributed by atoms with Crippen molar-refractivity contribution >= 4 is 17.6 Å². The van der Waals surface area contributed by atoms with Crippen LogP contribution in [0, 0.1) is 0 Å². The molecule has 0 aliphatic carbocycles. The number of fused-ring (bicyclic) bond motifs is 1. The number of hydrogen-bond donors (Lipinski definition) is 4. The number of benzene rings is 2. The molecule has 6 nitrogen and oxygen atoms in total. The molecule has 1 aliphatic heterocycles. The van der Waals surface area contributed by atoms with Crippen molar-refractivity contribution < 1.29 is 4.79 Å². The van der Waals surface area contributed by atoms with Crippen LogP contribution in [0.1, 0.15) is 63.1 Å². The number of carbonyl (C=O) groups excluding carboxylic acids is 1. The molecular formula is C26H37N5O. The highest BCUT2D eigenvalue weighted by molar-refractivity contribution is 5.94. The normalized spacial score (nSPS) is 17.3. The van der Waals surface area contributed by atoms with Crippen LogP contribution in [0.2, 0.25) is 0 Å². The van der Waals surface area contributed by atoms with Crippen molar-refractivity contribution in [1.82, 2.24) is 16.0 Å². The lowest BCUT2D eigenvalue weighted by Crippen LogP contribution is -2.55. The Hall–Kier alpha value is -2.86. The third kappa shape index (κ3) is 5.88. The number of aliphatic imine (C=N–C) groups is 1. The van der Waals surface area contributed by atoms with Crippen LogP contribution >= 0.6 is 0 Å². The van der Waals surface area contributed by atoms with Crippen molar-refractivity contribution in [2.24, 2.45) is 4.99 Å². The third-order valence-electron chi connectivity index (χ3n) is 6.62. The van der Waals surface area contributed by atoms with Crippen molar-refractivity contribution in [1.29, 1.82) is 0 Å². The Morgan fingerprint density at radius 1 is 1.09 bits per heavy atom. The fourth-order valence-corrected chi connectivity index (χ4v) is 4.42. The van der Waals surface area contributed by atoms with E-state index in [4.69, 9.17) is 0 Å². The van der Waals surface area contributed by atoms with Gasteiger partial charge in [-0.2, -0.15) is 0 Å². The molecule has 172 valence electrons. The molecule has 2 unspecified atom stereocenters. The van der Waals surface area contributed by atoms with E-state index >= 15 is 0 Å². The van der Waals surface area contributed by atoms with Crippen molar-refractivity contribution in [2.45, 2.75) is 57.5 Å². The van der Waals surface area contributed by atoms with Crippen molar-refractivity contribution in [3.05, 3.63) is 65.7 Å². The van der Waals surface area contributed by atoms with E-state index in [1.807, 2.05) is 18.2 Å². The average Bonchev–Trinajstić information content (AvgIpc) is 2.83. The maximum atomic E-state index is 12.1. The molecule has 0 radical (unpaired) electrons. The number of guanidine groups is 1. The minimum atomic E-state index is -0.0514. The van der Waals surface area contributed by atoms with E-state index in [0.717, 1.165) is 31.0 Å². The summed E-state index contributed by atoms with van der Waals surface area (Å²) in [4.78, 5) is 16.5. The smallest absolute Gasteiger partial charge is 0.225 e. The van der Waals surface area contributed by atoms with E-state index in [0.29, 0.717) is 13.0 Å². The quantitative estimate of drug-likeness (QED) is 0.352. The highest BCUT2D eigenvalue weighted by Gasteiger charge is 2.29. The number of anilines is 1. The zero-order chi connectivity index (χ0) is 23.0.